The molecule has 0 radical (unpaired) electrons. The van der Waals surface area contributed by atoms with E-state index in [9.17, 15) is 5.11 Å². The van der Waals surface area contributed by atoms with E-state index in [2.05, 4.69) is 11.8 Å². The number of hydrogen-bond acceptors (Lipinski definition) is 2. The molecule has 0 aromatic heterocycles. The molecule has 12 heavy (non-hydrogen) atoms. The van der Waals surface area contributed by atoms with Crippen LogP contribution in [-0.4, -0.2) is 24.4 Å². The van der Waals surface area contributed by atoms with Gasteiger partial charge in [-0.05, 0) is 26.7 Å². The van der Waals surface area contributed by atoms with Gasteiger partial charge in [0.15, 0.2) is 0 Å². The van der Waals surface area contributed by atoms with Gasteiger partial charge in [0.05, 0.1) is 12.2 Å². The van der Waals surface area contributed by atoms with Crippen molar-refractivity contribution in [3.8, 4) is 11.8 Å². The molecule has 0 aliphatic carbocycles. The van der Waals surface area contributed by atoms with Crippen molar-refractivity contribution in [2.24, 2.45) is 0 Å². The summed E-state index contributed by atoms with van der Waals surface area (Å²) >= 11 is 0. The van der Waals surface area contributed by atoms with E-state index < -0.39 is 0 Å². The van der Waals surface area contributed by atoms with Crippen molar-refractivity contribution < 1.29 is 9.84 Å². The summed E-state index contributed by atoms with van der Waals surface area (Å²) < 4.78 is 5.03. The number of methoxy groups -OCH3 is 1. The second-order valence-corrected chi connectivity index (χ2v) is 2.90. The van der Waals surface area contributed by atoms with Gasteiger partial charge in [0, 0.05) is 13.5 Å². The molecule has 0 heterocycles. The maximum Gasteiger partial charge on any atom is 0.0574 e. The monoisotopic (exact) mass is 170 g/mol. The molecule has 2 heteroatoms. The first-order valence-electron chi connectivity index (χ1n) is 4.31. The summed E-state index contributed by atoms with van der Waals surface area (Å²) in [6.07, 6.45) is 2.07. The Hall–Kier alpha value is -0.520. The molecule has 0 amide bonds. The Kier molecular flexibility index (Phi) is 6.84. The molecule has 0 aliphatic rings. The van der Waals surface area contributed by atoms with Gasteiger partial charge in [0.25, 0.3) is 0 Å². The molecule has 0 aromatic rings. The highest BCUT2D eigenvalue weighted by atomic mass is 16.5. The molecule has 0 fully saturated rings. The van der Waals surface area contributed by atoms with Gasteiger partial charge in [-0.1, -0.05) is 0 Å². The predicted octanol–water partition coefficient (Wildman–Crippen LogP) is 1.58. The molecule has 0 saturated heterocycles. The maximum atomic E-state index is 9.43. The van der Waals surface area contributed by atoms with Gasteiger partial charge in [0.1, 0.15) is 0 Å². The van der Waals surface area contributed by atoms with E-state index in [1.165, 1.54) is 0 Å². The first-order chi connectivity index (χ1) is 5.70. The van der Waals surface area contributed by atoms with Crippen LogP contribution in [-0.2, 0) is 4.74 Å². The number of hydrogen-bond donors (Lipinski definition) is 1. The Balaban J connectivity index is 3.43. The fraction of sp³-hybridized carbons (Fsp3) is 0.800. The number of aliphatic hydroxyl groups is 1. The van der Waals surface area contributed by atoms with Crippen LogP contribution in [0.15, 0.2) is 0 Å². The molecule has 70 valence electrons. The number of rotatable bonds is 5. The fourth-order valence-electron chi connectivity index (χ4n) is 0.961. The quantitative estimate of drug-likeness (QED) is 0.635. The van der Waals surface area contributed by atoms with Crippen LogP contribution in [0.1, 0.15) is 33.1 Å². The topological polar surface area (TPSA) is 29.5 Å². The first-order valence-corrected chi connectivity index (χ1v) is 4.31. The van der Waals surface area contributed by atoms with Crippen molar-refractivity contribution in [2.75, 3.05) is 7.11 Å². The molecule has 0 bridgehead atoms. The SMILES string of the molecule is CC#CCCC(O)CC(C)OC. The van der Waals surface area contributed by atoms with E-state index in [4.69, 9.17) is 4.74 Å². The van der Waals surface area contributed by atoms with Gasteiger partial charge >= 0.3 is 0 Å². The lowest BCUT2D eigenvalue weighted by Gasteiger charge is -2.13. The Bertz CT molecular complexity index is 155. The average molecular weight is 170 g/mol. The van der Waals surface area contributed by atoms with Crippen molar-refractivity contribution in [3.05, 3.63) is 0 Å². The average Bonchev–Trinajstić information content (AvgIpc) is 2.05. The van der Waals surface area contributed by atoms with Gasteiger partial charge in [-0.25, -0.2) is 0 Å². The molecule has 2 unspecified atom stereocenters. The van der Waals surface area contributed by atoms with Gasteiger partial charge < -0.3 is 9.84 Å². The molecule has 0 saturated carbocycles. The highest BCUT2D eigenvalue weighted by Crippen LogP contribution is 2.06. The lowest BCUT2D eigenvalue weighted by atomic mass is 10.1. The zero-order valence-corrected chi connectivity index (χ0v) is 8.13. The molecule has 0 rings (SSSR count). The van der Waals surface area contributed by atoms with E-state index in [-0.39, 0.29) is 12.2 Å². The summed E-state index contributed by atoms with van der Waals surface area (Å²) in [4.78, 5) is 0. The normalized spacial score (nSPS) is 14.7. The van der Waals surface area contributed by atoms with Gasteiger partial charge in [-0.2, -0.15) is 0 Å². The smallest absolute Gasteiger partial charge is 0.0574 e. The van der Waals surface area contributed by atoms with E-state index in [0.717, 1.165) is 12.8 Å². The minimum absolute atomic E-state index is 0.134. The summed E-state index contributed by atoms with van der Waals surface area (Å²) in [6.45, 7) is 3.76. The van der Waals surface area contributed by atoms with Crippen LogP contribution >= 0.6 is 0 Å². The first kappa shape index (κ1) is 11.5. The standard InChI is InChI=1S/C10H18O2/c1-4-5-6-7-10(11)8-9(2)12-3/h9-11H,6-8H2,1-3H3. The van der Waals surface area contributed by atoms with Crippen molar-refractivity contribution >= 4 is 0 Å². The third-order valence-corrected chi connectivity index (χ3v) is 1.79. The Morgan fingerprint density at radius 3 is 2.67 bits per heavy atom. The summed E-state index contributed by atoms with van der Waals surface area (Å²) in [7, 11) is 1.66. The highest BCUT2D eigenvalue weighted by molar-refractivity contribution is 4.95. The van der Waals surface area contributed by atoms with Crippen LogP contribution in [0.25, 0.3) is 0 Å². The van der Waals surface area contributed by atoms with Crippen LogP contribution < -0.4 is 0 Å². The third-order valence-electron chi connectivity index (χ3n) is 1.79. The van der Waals surface area contributed by atoms with Crippen LogP contribution in [0.5, 0.6) is 0 Å². The van der Waals surface area contributed by atoms with E-state index in [0.29, 0.717) is 6.42 Å². The third kappa shape index (κ3) is 6.21. The van der Waals surface area contributed by atoms with Crippen molar-refractivity contribution in [3.63, 3.8) is 0 Å². The van der Waals surface area contributed by atoms with Gasteiger partial charge in [-0.15, -0.1) is 11.8 Å². The van der Waals surface area contributed by atoms with Gasteiger partial charge in [-0.3, -0.25) is 0 Å². The molecule has 2 nitrogen and oxygen atoms in total. The summed E-state index contributed by atoms with van der Waals surface area (Å²) in [5.74, 6) is 5.72. The van der Waals surface area contributed by atoms with E-state index in [1.807, 2.05) is 13.8 Å². The molecule has 0 aliphatic heterocycles. The molecular weight excluding hydrogens is 152 g/mol. The van der Waals surface area contributed by atoms with Crippen molar-refractivity contribution in [1.29, 1.82) is 0 Å². The van der Waals surface area contributed by atoms with Gasteiger partial charge in [0.2, 0.25) is 0 Å². The summed E-state index contributed by atoms with van der Waals surface area (Å²) in [5, 5.41) is 9.43. The second-order valence-electron chi connectivity index (χ2n) is 2.90. The lowest BCUT2D eigenvalue weighted by molar-refractivity contribution is 0.0535. The molecule has 0 aromatic carbocycles. The summed E-state index contributed by atoms with van der Waals surface area (Å²) in [6, 6.07) is 0. The zero-order valence-electron chi connectivity index (χ0n) is 8.13. The predicted molar refractivity (Wildman–Crippen MR) is 49.8 cm³/mol. The number of ether oxygens (including phenoxy) is 1. The summed E-state index contributed by atoms with van der Waals surface area (Å²) in [5.41, 5.74) is 0. The van der Waals surface area contributed by atoms with Crippen molar-refractivity contribution in [2.45, 2.75) is 45.3 Å². The Morgan fingerprint density at radius 2 is 2.17 bits per heavy atom. The fourth-order valence-corrected chi connectivity index (χ4v) is 0.961. The second kappa shape index (κ2) is 7.15. The van der Waals surface area contributed by atoms with Crippen LogP contribution in [0.3, 0.4) is 0 Å². The van der Waals surface area contributed by atoms with Crippen molar-refractivity contribution in [1.82, 2.24) is 0 Å². The lowest BCUT2D eigenvalue weighted by Crippen LogP contribution is -2.16. The van der Waals surface area contributed by atoms with Crippen LogP contribution in [0.4, 0.5) is 0 Å². The highest BCUT2D eigenvalue weighted by Gasteiger charge is 2.07. The largest absolute Gasteiger partial charge is 0.393 e. The van der Waals surface area contributed by atoms with E-state index >= 15 is 0 Å². The number of aliphatic hydroxyl groups excluding tert-OH is 1. The minimum atomic E-state index is -0.277. The van der Waals surface area contributed by atoms with Crippen LogP contribution in [0, 0.1) is 11.8 Å². The molecule has 2 atom stereocenters. The van der Waals surface area contributed by atoms with Crippen LogP contribution in [0.2, 0.25) is 0 Å². The molecule has 0 spiro atoms. The Morgan fingerprint density at radius 1 is 1.50 bits per heavy atom. The Labute approximate surface area is 74.9 Å². The maximum absolute atomic E-state index is 9.43. The minimum Gasteiger partial charge on any atom is -0.393 e. The van der Waals surface area contributed by atoms with E-state index in [1.54, 1.807) is 7.11 Å². The zero-order chi connectivity index (χ0) is 9.40. The molecule has 1 N–H and O–H groups in total. The molecular formula is C10H18O2.